The number of rotatable bonds is 4. The van der Waals surface area contributed by atoms with Gasteiger partial charge in [-0.15, -0.1) is 0 Å². The van der Waals surface area contributed by atoms with Gasteiger partial charge >= 0.3 is 0 Å². The maximum atomic E-state index is 12.7. The van der Waals surface area contributed by atoms with Crippen molar-refractivity contribution >= 4 is 11.6 Å². The number of aryl methyl sites for hydroxylation is 4. The van der Waals surface area contributed by atoms with Crippen LogP contribution in [0.5, 0.6) is 0 Å². The third kappa shape index (κ3) is 4.53. The molecule has 3 heteroatoms. The average molecular weight is 351 g/mol. The Bertz CT molecular complexity index is 748. The van der Waals surface area contributed by atoms with Crippen LogP contribution in [0.3, 0.4) is 0 Å². The summed E-state index contributed by atoms with van der Waals surface area (Å²) in [7, 11) is 0. The van der Waals surface area contributed by atoms with E-state index in [1.54, 1.807) is 0 Å². The highest BCUT2D eigenvalue weighted by Gasteiger charge is 2.25. The number of hydrogen-bond donors (Lipinski definition) is 1. The summed E-state index contributed by atoms with van der Waals surface area (Å²) < 4.78 is 0. The molecule has 0 aromatic heterocycles. The quantitative estimate of drug-likeness (QED) is 0.861. The molecule has 1 aliphatic rings. The minimum atomic E-state index is 0.115. The zero-order valence-corrected chi connectivity index (χ0v) is 16.4. The van der Waals surface area contributed by atoms with Gasteiger partial charge in [0.1, 0.15) is 0 Å². The largest absolute Gasteiger partial charge is 0.325 e. The second-order valence-corrected chi connectivity index (χ2v) is 7.80. The van der Waals surface area contributed by atoms with Gasteiger partial charge in [0.05, 0.1) is 0 Å². The number of carbonyl (C=O) groups excluding carboxylic acids is 1. The summed E-state index contributed by atoms with van der Waals surface area (Å²) in [6.07, 6.45) is 1.86. The molecule has 138 valence electrons. The number of benzene rings is 2. The van der Waals surface area contributed by atoms with Gasteiger partial charge in [0.2, 0.25) is 5.91 Å². The van der Waals surface area contributed by atoms with E-state index in [9.17, 15) is 4.79 Å². The Labute approximate surface area is 157 Å². The fraction of sp³-hybridized carbons (Fsp3) is 0.435. The molecule has 1 N–H and O–H groups in total. The van der Waals surface area contributed by atoms with E-state index in [4.69, 9.17) is 0 Å². The molecule has 0 spiro atoms. The Balaban J connectivity index is 1.54. The van der Waals surface area contributed by atoms with Gasteiger partial charge in [-0.25, -0.2) is 0 Å². The topological polar surface area (TPSA) is 32.3 Å². The van der Waals surface area contributed by atoms with Gasteiger partial charge in [0, 0.05) is 18.2 Å². The van der Waals surface area contributed by atoms with Gasteiger partial charge in [-0.05, 0) is 70.3 Å². The van der Waals surface area contributed by atoms with Crippen LogP contribution >= 0.6 is 0 Å². The molecule has 3 rings (SSSR count). The molecule has 0 unspecified atom stereocenters. The third-order valence-electron chi connectivity index (χ3n) is 5.41. The average Bonchev–Trinajstić information content (AvgIpc) is 2.60. The molecule has 0 radical (unpaired) electrons. The van der Waals surface area contributed by atoms with E-state index >= 15 is 0 Å². The number of anilines is 1. The highest BCUT2D eigenvalue weighted by atomic mass is 16.1. The number of nitrogens with zero attached hydrogens (tertiary/aromatic N) is 1. The lowest BCUT2D eigenvalue weighted by Gasteiger charge is -2.31. The molecule has 1 saturated heterocycles. The first-order chi connectivity index (χ1) is 12.4. The number of amides is 1. The highest BCUT2D eigenvalue weighted by Crippen LogP contribution is 2.25. The summed E-state index contributed by atoms with van der Waals surface area (Å²) in [6, 6.07) is 13.0. The highest BCUT2D eigenvalue weighted by molar-refractivity contribution is 5.94. The lowest BCUT2D eigenvalue weighted by atomic mass is 9.95. The van der Waals surface area contributed by atoms with E-state index in [1.807, 2.05) is 0 Å². The summed E-state index contributed by atoms with van der Waals surface area (Å²) in [6.45, 7) is 11.3. The first kappa shape index (κ1) is 18.7. The van der Waals surface area contributed by atoms with Gasteiger partial charge in [-0.3, -0.25) is 9.69 Å². The van der Waals surface area contributed by atoms with Crippen molar-refractivity contribution in [2.24, 2.45) is 5.92 Å². The van der Waals surface area contributed by atoms with E-state index in [-0.39, 0.29) is 11.8 Å². The van der Waals surface area contributed by atoms with Crippen LogP contribution in [-0.4, -0.2) is 23.9 Å². The van der Waals surface area contributed by atoms with Crippen molar-refractivity contribution in [1.29, 1.82) is 0 Å². The Kier molecular flexibility index (Phi) is 5.77. The Morgan fingerprint density at radius 3 is 2.12 bits per heavy atom. The van der Waals surface area contributed by atoms with Gasteiger partial charge in [-0.1, -0.05) is 47.5 Å². The van der Waals surface area contributed by atoms with Crippen LogP contribution in [0.15, 0.2) is 36.4 Å². The maximum Gasteiger partial charge on any atom is 0.227 e. The van der Waals surface area contributed by atoms with Crippen LogP contribution in [0, 0.1) is 33.6 Å². The Morgan fingerprint density at radius 2 is 1.54 bits per heavy atom. The molecule has 26 heavy (non-hydrogen) atoms. The molecule has 1 heterocycles. The SMILES string of the molecule is Cc1ccc(CN2CCC(C(=O)Nc3c(C)cc(C)cc3C)CC2)cc1. The van der Waals surface area contributed by atoms with Crippen LogP contribution in [0.2, 0.25) is 0 Å². The van der Waals surface area contributed by atoms with Crippen molar-refractivity contribution in [3.8, 4) is 0 Å². The monoisotopic (exact) mass is 350 g/mol. The summed E-state index contributed by atoms with van der Waals surface area (Å²) in [5, 5.41) is 3.19. The zero-order valence-electron chi connectivity index (χ0n) is 16.4. The molecule has 1 fully saturated rings. The smallest absolute Gasteiger partial charge is 0.227 e. The van der Waals surface area contributed by atoms with E-state index in [1.165, 1.54) is 16.7 Å². The number of likely N-dealkylation sites (tertiary alicyclic amines) is 1. The second kappa shape index (κ2) is 8.05. The van der Waals surface area contributed by atoms with Gasteiger partial charge in [0.25, 0.3) is 0 Å². The summed E-state index contributed by atoms with van der Waals surface area (Å²) in [5.41, 5.74) is 7.17. The molecule has 3 nitrogen and oxygen atoms in total. The predicted molar refractivity (Wildman–Crippen MR) is 108 cm³/mol. The van der Waals surface area contributed by atoms with Crippen LogP contribution in [0.25, 0.3) is 0 Å². The van der Waals surface area contributed by atoms with Gasteiger partial charge < -0.3 is 5.32 Å². The molecular formula is C23H30N2O. The van der Waals surface area contributed by atoms with Gasteiger partial charge in [-0.2, -0.15) is 0 Å². The number of carbonyl (C=O) groups is 1. The molecule has 0 bridgehead atoms. The lowest BCUT2D eigenvalue weighted by molar-refractivity contribution is -0.121. The summed E-state index contributed by atoms with van der Waals surface area (Å²) in [5.74, 6) is 0.291. The molecule has 2 aromatic carbocycles. The van der Waals surface area contributed by atoms with Crippen molar-refractivity contribution < 1.29 is 4.79 Å². The van der Waals surface area contributed by atoms with Crippen molar-refractivity contribution in [3.63, 3.8) is 0 Å². The molecule has 0 atom stereocenters. The van der Waals surface area contributed by atoms with Crippen molar-refractivity contribution in [1.82, 2.24) is 4.90 Å². The molecule has 1 aliphatic heterocycles. The van der Waals surface area contributed by atoms with Crippen LogP contribution in [-0.2, 0) is 11.3 Å². The Hall–Kier alpha value is -2.13. The summed E-state index contributed by atoms with van der Waals surface area (Å²) >= 11 is 0. The maximum absolute atomic E-state index is 12.7. The summed E-state index contributed by atoms with van der Waals surface area (Å²) in [4.78, 5) is 15.2. The fourth-order valence-electron chi connectivity index (χ4n) is 3.91. The number of nitrogens with one attached hydrogen (secondary N) is 1. The third-order valence-corrected chi connectivity index (χ3v) is 5.41. The molecule has 0 saturated carbocycles. The van der Waals surface area contributed by atoms with E-state index in [2.05, 4.69) is 74.3 Å². The number of piperidine rings is 1. The minimum Gasteiger partial charge on any atom is -0.325 e. The standard InChI is InChI=1S/C23H30N2O/c1-16-5-7-20(8-6-16)15-25-11-9-21(10-12-25)23(26)24-22-18(3)13-17(2)14-19(22)4/h5-8,13-14,21H,9-12,15H2,1-4H3,(H,24,26). The van der Waals surface area contributed by atoms with Crippen molar-refractivity contribution in [3.05, 3.63) is 64.2 Å². The van der Waals surface area contributed by atoms with E-state index in [0.717, 1.165) is 49.3 Å². The molecular weight excluding hydrogens is 320 g/mol. The second-order valence-electron chi connectivity index (χ2n) is 7.80. The molecule has 2 aromatic rings. The van der Waals surface area contributed by atoms with Gasteiger partial charge in [0.15, 0.2) is 0 Å². The molecule has 0 aliphatic carbocycles. The minimum absolute atomic E-state index is 0.115. The first-order valence-corrected chi connectivity index (χ1v) is 9.59. The van der Waals surface area contributed by atoms with E-state index < -0.39 is 0 Å². The van der Waals surface area contributed by atoms with Crippen LogP contribution in [0.4, 0.5) is 5.69 Å². The van der Waals surface area contributed by atoms with Crippen LogP contribution in [0.1, 0.15) is 40.7 Å². The lowest BCUT2D eigenvalue weighted by Crippen LogP contribution is -2.37. The number of hydrogen-bond acceptors (Lipinski definition) is 2. The Morgan fingerprint density at radius 1 is 0.962 bits per heavy atom. The predicted octanol–water partition coefficient (Wildman–Crippen LogP) is 4.77. The van der Waals surface area contributed by atoms with E-state index in [0.29, 0.717) is 0 Å². The molecule has 1 amide bonds. The van der Waals surface area contributed by atoms with Crippen LogP contribution < -0.4 is 5.32 Å². The normalized spacial score (nSPS) is 15.8. The zero-order chi connectivity index (χ0) is 18.7. The van der Waals surface area contributed by atoms with Crippen molar-refractivity contribution in [2.75, 3.05) is 18.4 Å². The first-order valence-electron chi connectivity index (χ1n) is 9.59. The fourth-order valence-corrected chi connectivity index (χ4v) is 3.91. The van der Waals surface area contributed by atoms with Crippen molar-refractivity contribution in [2.45, 2.75) is 47.1 Å².